The minimum Gasteiger partial charge on any atom is -0.395 e. The van der Waals surface area contributed by atoms with Crippen LogP contribution in [0.25, 0.3) is 0 Å². The SMILES string of the molecule is O=C(NC12CC3CC(CC(C3)C1)C2)C1CN(C(=O)c2ccc([N+](=O)[O-])o2)C1. The van der Waals surface area contributed by atoms with E-state index in [1.807, 2.05) is 0 Å². The third-order valence-corrected chi connectivity index (χ3v) is 6.95. The van der Waals surface area contributed by atoms with Crippen molar-refractivity contribution in [2.24, 2.45) is 23.7 Å². The molecule has 2 amide bonds. The molecule has 1 aliphatic heterocycles. The average Bonchev–Trinajstić information content (AvgIpc) is 3.01. The minimum atomic E-state index is -0.672. The van der Waals surface area contributed by atoms with Crippen molar-refractivity contribution < 1.29 is 18.9 Å². The van der Waals surface area contributed by atoms with E-state index in [-0.39, 0.29) is 23.1 Å². The van der Waals surface area contributed by atoms with Crippen molar-refractivity contribution >= 4 is 17.7 Å². The molecule has 0 aromatic carbocycles. The van der Waals surface area contributed by atoms with Gasteiger partial charge in [-0.3, -0.25) is 19.7 Å². The second-order valence-corrected chi connectivity index (χ2v) is 8.99. The van der Waals surface area contributed by atoms with Gasteiger partial charge in [-0.1, -0.05) is 0 Å². The van der Waals surface area contributed by atoms with Crippen LogP contribution in [0.2, 0.25) is 0 Å². The summed E-state index contributed by atoms with van der Waals surface area (Å²) in [7, 11) is 0. The lowest BCUT2D eigenvalue weighted by molar-refractivity contribution is -0.402. The van der Waals surface area contributed by atoms with Crippen LogP contribution >= 0.6 is 0 Å². The summed E-state index contributed by atoms with van der Waals surface area (Å²) in [4.78, 5) is 36.6. The summed E-state index contributed by atoms with van der Waals surface area (Å²) in [5, 5.41) is 14.0. The Bertz CT molecular complexity index is 775. The fourth-order valence-electron chi connectivity index (χ4n) is 6.13. The fraction of sp³-hybridized carbons (Fsp3) is 0.684. The van der Waals surface area contributed by atoms with Gasteiger partial charge in [0, 0.05) is 18.6 Å². The highest BCUT2D eigenvalue weighted by molar-refractivity contribution is 5.94. The van der Waals surface area contributed by atoms with Gasteiger partial charge in [-0.05, 0) is 62.3 Å². The summed E-state index contributed by atoms with van der Waals surface area (Å²) in [5.41, 5.74) is -0.0160. The molecule has 0 atom stereocenters. The summed E-state index contributed by atoms with van der Waals surface area (Å²) >= 11 is 0. The molecule has 27 heavy (non-hydrogen) atoms. The average molecular weight is 373 g/mol. The maximum Gasteiger partial charge on any atom is 0.433 e. The standard InChI is InChI=1S/C19H23N3O5/c23-17(20-19-6-11-3-12(7-19)5-13(4-11)8-19)14-9-21(10-14)18(24)15-1-2-16(27-15)22(25)26/h1-2,11-14H,3-10H2,(H,20,23). The van der Waals surface area contributed by atoms with Crippen LogP contribution < -0.4 is 5.32 Å². The van der Waals surface area contributed by atoms with Gasteiger partial charge < -0.3 is 14.6 Å². The van der Waals surface area contributed by atoms with E-state index in [4.69, 9.17) is 4.42 Å². The summed E-state index contributed by atoms with van der Waals surface area (Å²) in [6.45, 7) is 0.678. The molecule has 8 heteroatoms. The lowest BCUT2D eigenvalue weighted by Gasteiger charge is -2.57. The molecule has 5 fully saturated rings. The van der Waals surface area contributed by atoms with E-state index in [1.165, 1.54) is 36.3 Å². The number of carbonyl (C=O) groups is 2. The first-order chi connectivity index (χ1) is 12.9. The molecule has 4 saturated carbocycles. The third kappa shape index (κ3) is 2.82. The fourth-order valence-corrected chi connectivity index (χ4v) is 6.13. The number of hydrogen-bond donors (Lipinski definition) is 1. The highest BCUT2D eigenvalue weighted by Crippen LogP contribution is 2.55. The Morgan fingerprint density at radius 1 is 1.11 bits per heavy atom. The number of carbonyl (C=O) groups excluding carboxylic acids is 2. The molecule has 0 radical (unpaired) electrons. The lowest BCUT2D eigenvalue weighted by atomic mass is 9.53. The first-order valence-corrected chi connectivity index (χ1v) is 9.76. The van der Waals surface area contributed by atoms with Crippen LogP contribution in [0.4, 0.5) is 5.88 Å². The number of amides is 2. The summed E-state index contributed by atoms with van der Waals surface area (Å²) in [5.74, 6) is 1.25. The van der Waals surface area contributed by atoms with Crippen molar-refractivity contribution in [1.29, 1.82) is 0 Å². The largest absolute Gasteiger partial charge is 0.433 e. The molecule has 4 aliphatic carbocycles. The van der Waals surface area contributed by atoms with Crippen molar-refractivity contribution in [2.45, 2.75) is 44.1 Å². The first kappa shape index (κ1) is 16.8. The molecular weight excluding hydrogens is 350 g/mol. The van der Waals surface area contributed by atoms with Gasteiger partial charge in [-0.15, -0.1) is 0 Å². The third-order valence-electron chi connectivity index (χ3n) is 6.95. The van der Waals surface area contributed by atoms with Gasteiger partial charge in [0.15, 0.2) is 5.76 Å². The maximum absolute atomic E-state index is 12.7. The second-order valence-electron chi connectivity index (χ2n) is 8.99. The summed E-state index contributed by atoms with van der Waals surface area (Å²) < 4.78 is 4.96. The van der Waals surface area contributed by atoms with E-state index in [9.17, 15) is 19.7 Å². The predicted octanol–water partition coefficient (Wildman–Crippen LogP) is 2.34. The smallest absolute Gasteiger partial charge is 0.395 e. The Kier molecular flexibility index (Phi) is 3.61. The van der Waals surface area contributed by atoms with Crippen molar-refractivity contribution in [3.63, 3.8) is 0 Å². The summed E-state index contributed by atoms with van der Waals surface area (Å²) in [6.07, 6.45) is 7.31. The normalized spacial score (nSPS) is 34.4. The molecule has 2 heterocycles. The maximum atomic E-state index is 12.7. The number of rotatable bonds is 4. The molecule has 1 aromatic rings. The molecular formula is C19H23N3O5. The van der Waals surface area contributed by atoms with Crippen LogP contribution in [-0.2, 0) is 4.79 Å². The molecule has 8 nitrogen and oxygen atoms in total. The first-order valence-electron chi connectivity index (χ1n) is 9.76. The highest BCUT2D eigenvalue weighted by Gasteiger charge is 2.52. The van der Waals surface area contributed by atoms with Crippen molar-refractivity contribution in [1.82, 2.24) is 10.2 Å². The number of furan rings is 1. The zero-order valence-electron chi connectivity index (χ0n) is 15.1. The minimum absolute atomic E-state index is 0.0160. The molecule has 1 N–H and O–H groups in total. The molecule has 6 rings (SSSR count). The number of nitrogens with zero attached hydrogens (tertiary/aromatic N) is 2. The molecule has 4 bridgehead atoms. The van der Waals surface area contributed by atoms with Gasteiger partial charge in [-0.25, -0.2) is 0 Å². The highest BCUT2D eigenvalue weighted by atomic mass is 16.6. The van der Waals surface area contributed by atoms with Crippen LogP contribution in [0.15, 0.2) is 16.5 Å². The Labute approximate surface area is 156 Å². The molecule has 0 unspecified atom stereocenters. The zero-order valence-corrected chi connectivity index (χ0v) is 15.1. The van der Waals surface area contributed by atoms with E-state index >= 15 is 0 Å². The Morgan fingerprint density at radius 3 is 2.22 bits per heavy atom. The molecule has 1 aromatic heterocycles. The molecule has 0 spiro atoms. The van der Waals surface area contributed by atoms with Crippen LogP contribution in [0, 0.1) is 33.8 Å². The van der Waals surface area contributed by atoms with E-state index < -0.39 is 16.7 Å². The number of nitro groups is 1. The zero-order chi connectivity index (χ0) is 18.8. The Morgan fingerprint density at radius 2 is 1.70 bits per heavy atom. The quantitative estimate of drug-likeness (QED) is 0.644. The van der Waals surface area contributed by atoms with Gasteiger partial charge in [0.2, 0.25) is 5.91 Å². The van der Waals surface area contributed by atoms with Gasteiger partial charge >= 0.3 is 5.88 Å². The number of nitrogens with one attached hydrogen (secondary N) is 1. The van der Waals surface area contributed by atoms with E-state index in [2.05, 4.69) is 5.32 Å². The molecule has 5 aliphatic rings. The van der Waals surface area contributed by atoms with Gasteiger partial charge in [0.25, 0.3) is 5.91 Å². The van der Waals surface area contributed by atoms with E-state index in [1.54, 1.807) is 0 Å². The van der Waals surface area contributed by atoms with Crippen molar-refractivity contribution in [3.8, 4) is 0 Å². The second kappa shape index (κ2) is 5.81. The Hall–Kier alpha value is -2.38. The van der Waals surface area contributed by atoms with E-state index in [0.29, 0.717) is 13.1 Å². The van der Waals surface area contributed by atoms with Gasteiger partial charge in [0.1, 0.15) is 4.92 Å². The predicted molar refractivity (Wildman–Crippen MR) is 93.8 cm³/mol. The van der Waals surface area contributed by atoms with Crippen LogP contribution in [0.3, 0.4) is 0 Å². The molecule has 144 valence electrons. The van der Waals surface area contributed by atoms with Gasteiger partial charge in [0.05, 0.1) is 12.0 Å². The monoisotopic (exact) mass is 373 g/mol. The molecule has 1 saturated heterocycles. The summed E-state index contributed by atoms with van der Waals surface area (Å²) in [6, 6.07) is 2.48. The van der Waals surface area contributed by atoms with Crippen LogP contribution in [0.1, 0.15) is 49.1 Å². The van der Waals surface area contributed by atoms with Crippen LogP contribution in [0.5, 0.6) is 0 Å². The van der Waals surface area contributed by atoms with Crippen molar-refractivity contribution in [3.05, 3.63) is 28.0 Å². The topological polar surface area (TPSA) is 106 Å². The number of likely N-dealkylation sites (tertiary alicyclic amines) is 1. The van der Waals surface area contributed by atoms with Gasteiger partial charge in [-0.2, -0.15) is 0 Å². The Balaban J connectivity index is 1.18. The van der Waals surface area contributed by atoms with Crippen molar-refractivity contribution in [2.75, 3.05) is 13.1 Å². The van der Waals surface area contributed by atoms with E-state index in [0.717, 1.165) is 37.0 Å². The lowest BCUT2D eigenvalue weighted by Crippen LogP contribution is -2.64. The van der Waals surface area contributed by atoms with Crippen LogP contribution in [-0.4, -0.2) is 40.3 Å². The number of hydrogen-bond acceptors (Lipinski definition) is 5.